The van der Waals surface area contributed by atoms with Crippen LogP contribution in [-0.4, -0.2) is 36.0 Å². The quantitative estimate of drug-likeness (QED) is 0.559. The normalized spacial score (nSPS) is 10.4. The minimum atomic E-state index is 0.0456. The SMILES string of the molecule is CNC(=O)CNCCCCCCc1cnc[nH]1. The van der Waals surface area contributed by atoms with Gasteiger partial charge in [-0.15, -0.1) is 0 Å². The molecule has 0 saturated heterocycles. The molecule has 1 aromatic heterocycles. The van der Waals surface area contributed by atoms with Crippen molar-refractivity contribution in [3.8, 4) is 0 Å². The molecule has 3 N–H and O–H groups in total. The largest absolute Gasteiger partial charge is 0.358 e. The average molecular weight is 238 g/mol. The van der Waals surface area contributed by atoms with Crippen molar-refractivity contribution in [3.05, 3.63) is 18.2 Å². The van der Waals surface area contributed by atoms with Gasteiger partial charge in [0.25, 0.3) is 0 Å². The fraction of sp³-hybridized carbons (Fsp3) is 0.667. The minimum Gasteiger partial charge on any atom is -0.358 e. The van der Waals surface area contributed by atoms with Gasteiger partial charge in [-0.2, -0.15) is 0 Å². The van der Waals surface area contributed by atoms with E-state index in [1.807, 2.05) is 6.20 Å². The van der Waals surface area contributed by atoms with Gasteiger partial charge in [0.05, 0.1) is 12.9 Å². The predicted molar refractivity (Wildman–Crippen MR) is 67.7 cm³/mol. The van der Waals surface area contributed by atoms with Crippen LogP contribution in [0.25, 0.3) is 0 Å². The summed E-state index contributed by atoms with van der Waals surface area (Å²) in [6.07, 6.45) is 9.42. The van der Waals surface area contributed by atoms with E-state index in [1.54, 1.807) is 13.4 Å². The lowest BCUT2D eigenvalue weighted by molar-refractivity contribution is -0.119. The van der Waals surface area contributed by atoms with Gasteiger partial charge >= 0.3 is 0 Å². The highest BCUT2D eigenvalue weighted by Gasteiger charge is 1.96. The maximum atomic E-state index is 10.9. The number of likely N-dealkylation sites (N-methyl/N-ethyl adjacent to an activating group) is 1. The van der Waals surface area contributed by atoms with Gasteiger partial charge in [0, 0.05) is 18.9 Å². The topological polar surface area (TPSA) is 69.8 Å². The Kier molecular flexibility index (Phi) is 7.06. The molecule has 0 aromatic carbocycles. The van der Waals surface area contributed by atoms with Gasteiger partial charge in [-0.05, 0) is 25.8 Å². The zero-order chi connectivity index (χ0) is 12.3. The zero-order valence-corrected chi connectivity index (χ0v) is 10.5. The number of nitrogens with one attached hydrogen (secondary N) is 3. The van der Waals surface area contributed by atoms with Crippen LogP contribution in [0.1, 0.15) is 31.4 Å². The lowest BCUT2D eigenvalue weighted by Crippen LogP contribution is -2.31. The van der Waals surface area contributed by atoms with E-state index in [0.717, 1.165) is 19.4 Å². The number of aryl methyl sites for hydroxylation is 1. The number of carbonyl (C=O) groups excluding carboxylic acids is 1. The van der Waals surface area contributed by atoms with Crippen molar-refractivity contribution in [2.75, 3.05) is 20.1 Å². The lowest BCUT2D eigenvalue weighted by atomic mass is 10.1. The molecule has 1 aromatic rings. The Bertz CT molecular complexity index is 297. The van der Waals surface area contributed by atoms with Crippen LogP contribution < -0.4 is 10.6 Å². The van der Waals surface area contributed by atoms with Crippen LogP contribution >= 0.6 is 0 Å². The van der Waals surface area contributed by atoms with E-state index in [0.29, 0.717) is 6.54 Å². The predicted octanol–water partition coefficient (Wildman–Crippen LogP) is 0.848. The average Bonchev–Trinajstić information content (AvgIpc) is 2.85. The Hall–Kier alpha value is -1.36. The molecule has 5 heteroatoms. The summed E-state index contributed by atoms with van der Waals surface area (Å²) in [5, 5.41) is 5.69. The van der Waals surface area contributed by atoms with E-state index < -0.39 is 0 Å². The molecule has 17 heavy (non-hydrogen) atoms. The van der Waals surface area contributed by atoms with E-state index in [1.165, 1.54) is 25.0 Å². The van der Waals surface area contributed by atoms with Crippen LogP contribution in [-0.2, 0) is 11.2 Å². The Balaban J connectivity index is 1.83. The fourth-order valence-electron chi connectivity index (χ4n) is 1.63. The molecule has 1 rings (SSSR count). The number of aromatic amines is 1. The first-order valence-corrected chi connectivity index (χ1v) is 6.21. The summed E-state index contributed by atoms with van der Waals surface area (Å²) in [6, 6.07) is 0. The molecule has 0 unspecified atom stereocenters. The summed E-state index contributed by atoms with van der Waals surface area (Å²) in [5.74, 6) is 0.0456. The third kappa shape index (κ3) is 6.73. The maximum absolute atomic E-state index is 10.9. The van der Waals surface area contributed by atoms with Crippen molar-refractivity contribution in [3.63, 3.8) is 0 Å². The van der Waals surface area contributed by atoms with E-state index in [9.17, 15) is 4.79 Å². The summed E-state index contributed by atoms with van der Waals surface area (Å²) in [5.41, 5.74) is 1.21. The first kappa shape index (κ1) is 13.7. The standard InChI is InChI=1S/C12H22N4O/c1-13-12(17)9-14-7-5-3-2-4-6-11-8-15-10-16-11/h8,10,14H,2-7,9H2,1H3,(H,13,17)(H,15,16). The molecule has 0 atom stereocenters. The smallest absolute Gasteiger partial charge is 0.233 e. The van der Waals surface area contributed by atoms with Crippen LogP contribution in [0.2, 0.25) is 0 Å². The van der Waals surface area contributed by atoms with Crippen LogP contribution in [0.3, 0.4) is 0 Å². The molecule has 1 amide bonds. The lowest BCUT2D eigenvalue weighted by Gasteiger charge is -2.03. The van der Waals surface area contributed by atoms with Crippen LogP contribution in [0.15, 0.2) is 12.5 Å². The Labute approximate surface area is 102 Å². The first-order valence-electron chi connectivity index (χ1n) is 6.21. The molecule has 0 radical (unpaired) electrons. The number of imidazole rings is 1. The molecule has 0 bridgehead atoms. The molecule has 0 fully saturated rings. The Morgan fingerprint density at radius 2 is 2.18 bits per heavy atom. The van der Waals surface area contributed by atoms with Crippen molar-refractivity contribution in [2.45, 2.75) is 32.1 Å². The fourth-order valence-corrected chi connectivity index (χ4v) is 1.63. The highest BCUT2D eigenvalue weighted by molar-refractivity contribution is 5.77. The highest BCUT2D eigenvalue weighted by atomic mass is 16.1. The van der Waals surface area contributed by atoms with Gasteiger partial charge in [-0.3, -0.25) is 4.79 Å². The number of carbonyl (C=O) groups is 1. The van der Waals surface area contributed by atoms with E-state index >= 15 is 0 Å². The van der Waals surface area contributed by atoms with Gasteiger partial charge in [0.15, 0.2) is 0 Å². The second-order valence-corrected chi connectivity index (χ2v) is 4.09. The maximum Gasteiger partial charge on any atom is 0.233 e. The molecular formula is C12H22N4O. The summed E-state index contributed by atoms with van der Waals surface area (Å²) in [7, 11) is 1.65. The number of hydrogen-bond donors (Lipinski definition) is 3. The zero-order valence-electron chi connectivity index (χ0n) is 10.5. The van der Waals surface area contributed by atoms with Crippen molar-refractivity contribution in [1.82, 2.24) is 20.6 Å². The van der Waals surface area contributed by atoms with Crippen LogP contribution in [0, 0.1) is 0 Å². The minimum absolute atomic E-state index is 0.0456. The van der Waals surface area contributed by atoms with Crippen LogP contribution in [0.5, 0.6) is 0 Å². The third-order valence-electron chi connectivity index (χ3n) is 2.67. The third-order valence-corrected chi connectivity index (χ3v) is 2.67. The van der Waals surface area contributed by atoms with E-state index in [4.69, 9.17) is 0 Å². The Morgan fingerprint density at radius 3 is 2.88 bits per heavy atom. The molecule has 0 aliphatic carbocycles. The molecule has 0 aliphatic heterocycles. The molecule has 1 heterocycles. The van der Waals surface area contributed by atoms with E-state index in [-0.39, 0.29) is 5.91 Å². The summed E-state index contributed by atoms with van der Waals surface area (Å²) < 4.78 is 0. The molecular weight excluding hydrogens is 216 g/mol. The van der Waals surface area contributed by atoms with Gasteiger partial charge in [0.2, 0.25) is 5.91 Å². The molecule has 0 aliphatic rings. The van der Waals surface area contributed by atoms with Gasteiger partial charge in [-0.25, -0.2) is 4.98 Å². The number of rotatable bonds is 9. The number of amides is 1. The number of nitrogens with zero attached hydrogens (tertiary/aromatic N) is 1. The molecule has 5 nitrogen and oxygen atoms in total. The van der Waals surface area contributed by atoms with Crippen molar-refractivity contribution in [1.29, 1.82) is 0 Å². The molecule has 96 valence electrons. The summed E-state index contributed by atoms with van der Waals surface area (Å²) in [4.78, 5) is 18.0. The highest BCUT2D eigenvalue weighted by Crippen LogP contribution is 2.04. The second-order valence-electron chi connectivity index (χ2n) is 4.09. The summed E-state index contributed by atoms with van der Waals surface area (Å²) in [6.45, 7) is 1.34. The molecule has 0 spiro atoms. The number of H-pyrrole nitrogens is 1. The Morgan fingerprint density at radius 1 is 1.35 bits per heavy atom. The van der Waals surface area contributed by atoms with Crippen LogP contribution in [0.4, 0.5) is 0 Å². The van der Waals surface area contributed by atoms with E-state index in [2.05, 4.69) is 20.6 Å². The summed E-state index contributed by atoms with van der Waals surface area (Å²) >= 11 is 0. The van der Waals surface area contributed by atoms with Crippen molar-refractivity contribution < 1.29 is 4.79 Å². The monoisotopic (exact) mass is 238 g/mol. The number of unbranched alkanes of at least 4 members (excludes halogenated alkanes) is 3. The van der Waals surface area contributed by atoms with Crippen molar-refractivity contribution in [2.24, 2.45) is 0 Å². The van der Waals surface area contributed by atoms with Gasteiger partial charge in [-0.1, -0.05) is 12.8 Å². The van der Waals surface area contributed by atoms with Crippen molar-refractivity contribution >= 4 is 5.91 Å². The van der Waals surface area contributed by atoms with Gasteiger partial charge < -0.3 is 15.6 Å². The van der Waals surface area contributed by atoms with Gasteiger partial charge in [0.1, 0.15) is 0 Å². The first-order chi connectivity index (χ1) is 8.33. The number of aromatic nitrogens is 2. The number of hydrogen-bond acceptors (Lipinski definition) is 3. The second kappa shape index (κ2) is 8.75. The molecule has 0 saturated carbocycles.